The van der Waals surface area contributed by atoms with Crippen LogP contribution in [0.3, 0.4) is 0 Å². The van der Waals surface area contributed by atoms with Crippen molar-refractivity contribution in [1.82, 2.24) is 9.80 Å². The first-order valence-corrected chi connectivity index (χ1v) is 11.7. The van der Waals surface area contributed by atoms with E-state index < -0.39 is 0 Å². The van der Waals surface area contributed by atoms with Gasteiger partial charge >= 0.3 is 5.97 Å². The lowest BCUT2D eigenvalue weighted by Gasteiger charge is -2.36. The van der Waals surface area contributed by atoms with Crippen LogP contribution < -0.4 is 10.1 Å². The van der Waals surface area contributed by atoms with Crippen LogP contribution in [-0.2, 0) is 16.0 Å². The summed E-state index contributed by atoms with van der Waals surface area (Å²) in [7, 11) is 0. The monoisotopic (exact) mass is 435 g/mol. The second-order valence-corrected chi connectivity index (χ2v) is 9.04. The van der Waals surface area contributed by atoms with Gasteiger partial charge in [0.05, 0.1) is 12.5 Å². The number of carbonyl (C=O) groups excluding carboxylic acids is 2. The van der Waals surface area contributed by atoms with Crippen LogP contribution in [0.5, 0.6) is 5.75 Å². The van der Waals surface area contributed by atoms with Gasteiger partial charge in [0.1, 0.15) is 5.75 Å². The van der Waals surface area contributed by atoms with Crippen LogP contribution in [0.15, 0.2) is 48.5 Å². The maximum absolute atomic E-state index is 12.8. The molecule has 1 atom stereocenters. The standard InChI is InChI=1S/C26H33N3O3/c1-19(2)29-16-14-28(15-17-29)18-25(30)27-21-10-12-22(13-11-21)32-26(31)24-9-5-7-20-6-3-4-8-23(20)24/h3-4,6,8,10-13,19,24H,5,7,9,14-18H2,1-2H3,(H,27,30). The molecule has 2 aromatic rings. The Morgan fingerprint density at radius 1 is 1.03 bits per heavy atom. The summed E-state index contributed by atoms with van der Waals surface area (Å²) in [6.07, 6.45) is 2.82. The lowest BCUT2D eigenvalue weighted by Crippen LogP contribution is -2.50. The third-order valence-corrected chi connectivity index (χ3v) is 6.51. The average molecular weight is 436 g/mol. The minimum absolute atomic E-state index is 0.0217. The fraction of sp³-hybridized carbons (Fsp3) is 0.462. The summed E-state index contributed by atoms with van der Waals surface area (Å²) >= 11 is 0. The van der Waals surface area contributed by atoms with Crippen molar-refractivity contribution in [2.24, 2.45) is 0 Å². The molecule has 1 heterocycles. The number of aryl methyl sites for hydroxylation is 1. The average Bonchev–Trinajstić information content (AvgIpc) is 2.80. The number of fused-ring (bicyclic) bond motifs is 1. The first-order chi connectivity index (χ1) is 15.5. The van der Waals surface area contributed by atoms with E-state index in [0.29, 0.717) is 24.0 Å². The van der Waals surface area contributed by atoms with E-state index in [1.54, 1.807) is 24.3 Å². The van der Waals surface area contributed by atoms with E-state index in [-0.39, 0.29) is 17.8 Å². The van der Waals surface area contributed by atoms with Crippen molar-refractivity contribution >= 4 is 17.6 Å². The molecule has 0 saturated carbocycles. The van der Waals surface area contributed by atoms with Crippen LogP contribution in [0.2, 0.25) is 0 Å². The van der Waals surface area contributed by atoms with E-state index in [1.165, 1.54) is 5.56 Å². The molecule has 0 radical (unpaired) electrons. The number of rotatable bonds is 6. The van der Waals surface area contributed by atoms with Crippen LogP contribution >= 0.6 is 0 Å². The number of carbonyl (C=O) groups is 2. The zero-order valence-electron chi connectivity index (χ0n) is 19.0. The van der Waals surface area contributed by atoms with Crippen LogP contribution in [-0.4, -0.2) is 60.4 Å². The third kappa shape index (κ3) is 5.56. The number of nitrogens with zero attached hydrogens (tertiary/aromatic N) is 2. The summed E-state index contributed by atoms with van der Waals surface area (Å²) in [5.41, 5.74) is 3.03. The van der Waals surface area contributed by atoms with Crippen molar-refractivity contribution in [2.45, 2.75) is 45.1 Å². The van der Waals surface area contributed by atoms with Crippen molar-refractivity contribution in [3.63, 3.8) is 0 Å². The largest absolute Gasteiger partial charge is 0.426 e. The van der Waals surface area contributed by atoms with Gasteiger partial charge in [-0.3, -0.25) is 19.4 Å². The molecule has 1 N–H and O–H groups in total. The van der Waals surface area contributed by atoms with Crippen molar-refractivity contribution in [3.05, 3.63) is 59.7 Å². The van der Waals surface area contributed by atoms with E-state index in [4.69, 9.17) is 4.74 Å². The number of benzene rings is 2. The highest BCUT2D eigenvalue weighted by Gasteiger charge is 2.28. The fourth-order valence-electron chi connectivity index (χ4n) is 4.63. The van der Waals surface area contributed by atoms with Crippen LogP contribution in [0.4, 0.5) is 5.69 Å². The predicted octanol–water partition coefficient (Wildman–Crippen LogP) is 3.68. The van der Waals surface area contributed by atoms with Gasteiger partial charge in [0.25, 0.3) is 0 Å². The highest BCUT2D eigenvalue weighted by Crippen LogP contribution is 2.33. The first-order valence-electron chi connectivity index (χ1n) is 11.7. The molecule has 1 amide bonds. The van der Waals surface area contributed by atoms with E-state index in [9.17, 15) is 9.59 Å². The van der Waals surface area contributed by atoms with Crippen molar-refractivity contribution < 1.29 is 14.3 Å². The van der Waals surface area contributed by atoms with Gasteiger partial charge in [-0.15, -0.1) is 0 Å². The number of piperazine rings is 1. The Morgan fingerprint density at radius 3 is 2.47 bits per heavy atom. The van der Waals surface area contributed by atoms with E-state index in [2.05, 4.69) is 35.0 Å². The number of hydrogen-bond acceptors (Lipinski definition) is 5. The van der Waals surface area contributed by atoms with Gasteiger partial charge in [0.2, 0.25) is 5.91 Å². The Balaban J connectivity index is 1.27. The zero-order valence-corrected chi connectivity index (χ0v) is 19.0. The SMILES string of the molecule is CC(C)N1CCN(CC(=O)Nc2ccc(OC(=O)C3CCCc4ccccc43)cc2)CC1. The minimum Gasteiger partial charge on any atom is -0.426 e. The van der Waals surface area contributed by atoms with Gasteiger partial charge in [0, 0.05) is 37.9 Å². The zero-order chi connectivity index (χ0) is 22.5. The maximum Gasteiger partial charge on any atom is 0.318 e. The predicted molar refractivity (Wildman–Crippen MR) is 126 cm³/mol. The number of anilines is 1. The highest BCUT2D eigenvalue weighted by atomic mass is 16.5. The molecule has 1 aliphatic heterocycles. The number of hydrogen-bond donors (Lipinski definition) is 1. The quantitative estimate of drug-likeness (QED) is 0.554. The van der Waals surface area contributed by atoms with Gasteiger partial charge < -0.3 is 10.1 Å². The van der Waals surface area contributed by atoms with Gasteiger partial charge in [-0.2, -0.15) is 0 Å². The van der Waals surface area contributed by atoms with Crippen LogP contribution in [0.1, 0.15) is 43.7 Å². The molecule has 2 aliphatic rings. The summed E-state index contributed by atoms with van der Waals surface area (Å²) in [4.78, 5) is 29.8. The number of nitrogens with one attached hydrogen (secondary N) is 1. The molecular weight excluding hydrogens is 402 g/mol. The third-order valence-electron chi connectivity index (χ3n) is 6.51. The second kappa shape index (κ2) is 10.3. The lowest BCUT2D eigenvalue weighted by atomic mass is 9.83. The topological polar surface area (TPSA) is 61.9 Å². The highest BCUT2D eigenvalue weighted by molar-refractivity contribution is 5.92. The van der Waals surface area contributed by atoms with Gasteiger partial charge in [0.15, 0.2) is 0 Å². The minimum atomic E-state index is -0.213. The fourth-order valence-corrected chi connectivity index (χ4v) is 4.63. The lowest BCUT2D eigenvalue weighted by molar-refractivity contribution is -0.136. The van der Waals surface area contributed by atoms with Gasteiger partial charge in [-0.25, -0.2) is 0 Å². The van der Waals surface area contributed by atoms with Gasteiger partial charge in [-0.05, 0) is 68.5 Å². The molecule has 170 valence electrons. The Bertz CT molecular complexity index is 934. The maximum atomic E-state index is 12.8. The molecule has 6 heteroatoms. The van der Waals surface area contributed by atoms with Crippen molar-refractivity contribution in [2.75, 3.05) is 38.0 Å². The smallest absolute Gasteiger partial charge is 0.318 e. The Morgan fingerprint density at radius 2 is 1.75 bits per heavy atom. The van der Waals surface area contributed by atoms with Crippen molar-refractivity contribution in [3.8, 4) is 5.75 Å². The number of ether oxygens (including phenoxy) is 1. The molecule has 4 rings (SSSR count). The molecule has 6 nitrogen and oxygen atoms in total. The Kier molecular flexibility index (Phi) is 7.22. The van der Waals surface area contributed by atoms with Gasteiger partial charge in [-0.1, -0.05) is 24.3 Å². The van der Waals surface area contributed by atoms with Crippen molar-refractivity contribution in [1.29, 1.82) is 0 Å². The first kappa shape index (κ1) is 22.5. The summed E-state index contributed by atoms with van der Waals surface area (Å²) in [5.74, 6) is 0.0531. The van der Waals surface area contributed by atoms with E-state index in [0.717, 1.165) is 51.0 Å². The van der Waals surface area contributed by atoms with Crippen LogP contribution in [0.25, 0.3) is 0 Å². The molecule has 0 aromatic heterocycles. The molecule has 1 aliphatic carbocycles. The molecule has 0 bridgehead atoms. The molecular formula is C26H33N3O3. The normalized spacial score (nSPS) is 19.4. The molecule has 1 saturated heterocycles. The molecule has 1 fully saturated rings. The number of esters is 1. The summed E-state index contributed by atoms with van der Waals surface area (Å²) in [6.45, 7) is 8.61. The summed E-state index contributed by atoms with van der Waals surface area (Å²) in [6, 6.07) is 15.7. The van der Waals surface area contributed by atoms with Crippen LogP contribution in [0, 0.1) is 0 Å². The molecule has 32 heavy (non-hydrogen) atoms. The Labute approximate surface area is 190 Å². The van der Waals surface area contributed by atoms with E-state index >= 15 is 0 Å². The molecule has 0 spiro atoms. The van der Waals surface area contributed by atoms with E-state index in [1.807, 2.05) is 18.2 Å². The molecule has 2 aromatic carbocycles. The number of amides is 1. The second-order valence-electron chi connectivity index (χ2n) is 9.04. The molecule has 1 unspecified atom stereocenters. The Hall–Kier alpha value is -2.70. The summed E-state index contributed by atoms with van der Waals surface area (Å²) in [5, 5.41) is 2.95. The summed E-state index contributed by atoms with van der Waals surface area (Å²) < 4.78 is 5.66.